The van der Waals surface area contributed by atoms with Gasteiger partial charge in [0.2, 0.25) is 0 Å². The van der Waals surface area contributed by atoms with Crippen LogP contribution in [0.3, 0.4) is 0 Å². The Bertz CT molecular complexity index is 470. The molecule has 0 unspecified atom stereocenters. The van der Waals surface area contributed by atoms with Crippen LogP contribution in [0.2, 0.25) is 0 Å². The van der Waals surface area contributed by atoms with E-state index < -0.39 is 5.60 Å². The maximum atomic E-state index is 9.82. The van der Waals surface area contributed by atoms with Gasteiger partial charge in [0.05, 0.1) is 11.1 Å². The summed E-state index contributed by atoms with van der Waals surface area (Å²) in [6.07, 6.45) is 0. The van der Waals surface area contributed by atoms with Crippen molar-refractivity contribution in [2.75, 3.05) is 0 Å². The van der Waals surface area contributed by atoms with Crippen LogP contribution in [-0.4, -0.2) is 15.3 Å². The van der Waals surface area contributed by atoms with E-state index in [1.54, 1.807) is 13.8 Å². The monoisotopic (exact) mass is 302 g/mol. The van der Waals surface area contributed by atoms with Crippen LogP contribution in [0.25, 0.3) is 10.9 Å². The molecule has 0 atom stereocenters. The second-order valence-corrected chi connectivity index (χ2v) is 4.91. The smallest absolute Gasteiger partial charge is 0.104 e. The molecule has 2 aromatic rings. The average molecular weight is 302 g/mol. The van der Waals surface area contributed by atoms with Gasteiger partial charge in [0.15, 0.2) is 0 Å². The van der Waals surface area contributed by atoms with Gasteiger partial charge in [-0.25, -0.2) is 0 Å². The fourth-order valence-corrected chi connectivity index (χ4v) is 1.94. The summed E-state index contributed by atoms with van der Waals surface area (Å²) in [5.41, 5.74) is 0.973. The van der Waals surface area contributed by atoms with Crippen molar-refractivity contribution >= 4 is 33.5 Å². The quantitative estimate of drug-likeness (QED) is 0.795. The molecule has 0 bridgehead atoms. The molecule has 0 spiro atoms. The van der Waals surface area contributed by atoms with Gasteiger partial charge >= 0.3 is 0 Å². The number of nitrogens with zero attached hydrogens (tertiary/aromatic N) is 1. The Morgan fingerprint density at radius 1 is 1.43 bits per heavy atom. The van der Waals surface area contributed by atoms with E-state index in [-0.39, 0.29) is 0 Å². The minimum atomic E-state index is -0.807. The molecule has 0 aliphatic carbocycles. The first-order valence-corrected chi connectivity index (χ1v) is 5.43. The summed E-state index contributed by atoms with van der Waals surface area (Å²) in [6.45, 7) is 3.54. The maximum Gasteiger partial charge on any atom is 0.104 e. The predicted molar refractivity (Wildman–Crippen MR) is 64.1 cm³/mol. The molecule has 0 fully saturated rings. The van der Waals surface area contributed by atoms with Crippen LogP contribution in [0.15, 0.2) is 18.2 Å². The third-order valence-corrected chi connectivity index (χ3v) is 3.04. The molecule has 3 nitrogen and oxygen atoms in total. The molecule has 1 aromatic carbocycles. The summed E-state index contributed by atoms with van der Waals surface area (Å²) >= 11 is 2.21. The van der Waals surface area contributed by atoms with E-state index in [1.807, 2.05) is 18.2 Å². The average Bonchev–Trinajstić information content (AvgIpc) is 2.46. The number of benzene rings is 1. The number of hydrogen-bond acceptors (Lipinski definition) is 2. The molecule has 0 saturated carbocycles. The zero-order valence-electron chi connectivity index (χ0n) is 8.00. The normalized spacial score (nSPS) is 12.3. The van der Waals surface area contributed by atoms with Gasteiger partial charge in [-0.3, -0.25) is 5.10 Å². The largest absolute Gasteiger partial charge is 0.386 e. The lowest BCUT2D eigenvalue weighted by atomic mass is 9.98. The molecule has 14 heavy (non-hydrogen) atoms. The highest BCUT2D eigenvalue weighted by Gasteiger charge is 2.16. The van der Waals surface area contributed by atoms with Crippen LogP contribution >= 0.6 is 22.6 Å². The fourth-order valence-electron chi connectivity index (χ4n) is 1.36. The van der Waals surface area contributed by atoms with E-state index in [4.69, 9.17) is 0 Å². The maximum absolute atomic E-state index is 9.82. The Hall–Kier alpha value is -0.620. The third-order valence-electron chi connectivity index (χ3n) is 2.22. The Morgan fingerprint density at radius 3 is 2.79 bits per heavy atom. The Balaban J connectivity index is 2.63. The molecular formula is C10H11IN2O. The van der Waals surface area contributed by atoms with Gasteiger partial charge in [-0.1, -0.05) is 6.07 Å². The standard InChI is InChI=1S/C10H11IN2O/c1-10(2,14)6-3-4-7-8(5-6)12-13-9(7)11/h3-5,14H,1-2H3,(H,12,13). The first-order valence-electron chi connectivity index (χ1n) is 4.35. The highest BCUT2D eigenvalue weighted by atomic mass is 127. The molecular weight excluding hydrogens is 291 g/mol. The molecule has 2 rings (SSSR count). The molecule has 0 radical (unpaired) electrons. The van der Waals surface area contributed by atoms with Crippen LogP contribution < -0.4 is 0 Å². The van der Waals surface area contributed by atoms with Crippen molar-refractivity contribution in [1.29, 1.82) is 0 Å². The van der Waals surface area contributed by atoms with Crippen molar-refractivity contribution in [3.05, 3.63) is 27.5 Å². The van der Waals surface area contributed by atoms with Gasteiger partial charge < -0.3 is 5.11 Å². The molecule has 4 heteroatoms. The van der Waals surface area contributed by atoms with Crippen LogP contribution in [0.5, 0.6) is 0 Å². The third kappa shape index (κ3) is 1.64. The topological polar surface area (TPSA) is 48.9 Å². The number of fused-ring (bicyclic) bond motifs is 1. The van der Waals surface area contributed by atoms with Crippen molar-refractivity contribution < 1.29 is 5.11 Å². The summed E-state index contributed by atoms with van der Waals surface area (Å²) in [6, 6.07) is 5.82. The number of rotatable bonds is 1. The lowest BCUT2D eigenvalue weighted by molar-refractivity contribution is 0.0787. The van der Waals surface area contributed by atoms with Crippen molar-refractivity contribution in [3.8, 4) is 0 Å². The molecule has 1 heterocycles. The van der Waals surface area contributed by atoms with Crippen LogP contribution in [-0.2, 0) is 5.60 Å². The van der Waals surface area contributed by atoms with Crippen LogP contribution in [0.1, 0.15) is 19.4 Å². The number of aromatic nitrogens is 2. The second kappa shape index (κ2) is 3.20. The number of H-pyrrole nitrogens is 1. The van der Waals surface area contributed by atoms with Gasteiger partial charge in [0, 0.05) is 5.39 Å². The minimum absolute atomic E-state index is 0.807. The Kier molecular flexibility index (Phi) is 2.27. The van der Waals surface area contributed by atoms with Gasteiger partial charge in [-0.05, 0) is 54.1 Å². The molecule has 74 valence electrons. The summed E-state index contributed by atoms with van der Waals surface area (Å²) in [4.78, 5) is 0. The van der Waals surface area contributed by atoms with E-state index in [0.717, 1.165) is 20.2 Å². The highest BCUT2D eigenvalue weighted by molar-refractivity contribution is 14.1. The number of halogens is 1. The summed E-state index contributed by atoms with van der Waals surface area (Å²) in [7, 11) is 0. The van der Waals surface area contributed by atoms with Crippen molar-refractivity contribution in [2.45, 2.75) is 19.4 Å². The van der Waals surface area contributed by atoms with Crippen molar-refractivity contribution in [3.63, 3.8) is 0 Å². The van der Waals surface area contributed by atoms with E-state index in [2.05, 4.69) is 32.8 Å². The lowest BCUT2D eigenvalue weighted by Crippen LogP contribution is -2.14. The van der Waals surface area contributed by atoms with E-state index in [9.17, 15) is 5.11 Å². The van der Waals surface area contributed by atoms with Gasteiger partial charge in [0.25, 0.3) is 0 Å². The molecule has 0 saturated heterocycles. The SMILES string of the molecule is CC(C)(O)c1ccc2c(I)[nH]nc2c1. The summed E-state index contributed by atoms with van der Waals surface area (Å²) in [5, 5.41) is 18.0. The second-order valence-electron chi connectivity index (χ2n) is 3.83. The van der Waals surface area contributed by atoms with Gasteiger partial charge in [-0.2, -0.15) is 5.10 Å². The Morgan fingerprint density at radius 2 is 2.14 bits per heavy atom. The van der Waals surface area contributed by atoms with Crippen molar-refractivity contribution in [2.24, 2.45) is 0 Å². The van der Waals surface area contributed by atoms with E-state index >= 15 is 0 Å². The minimum Gasteiger partial charge on any atom is -0.386 e. The number of aromatic amines is 1. The van der Waals surface area contributed by atoms with Crippen molar-refractivity contribution in [1.82, 2.24) is 10.2 Å². The predicted octanol–water partition coefficient (Wildman–Crippen LogP) is 2.39. The Labute approximate surface area is 95.7 Å². The molecule has 1 aromatic heterocycles. The van der Waals surface area contributed by atoms with E-state index in [0.29, 0.717) is 0 Å². The number of hydrogen-bond donors (Lipinski definition) is 2. The summed E-state index contributed by atoms with van der Waals surface area (Å²) < 4.78 is 1.03. The molecule has 0 amide bonds. The fraction of sp³-hybridized carbons (Fsp3) is 0.300. The van der Waals surface area contributed by atoms with Crippen LogP contribution in [0.4, 0.5) is 0 Å². The zero-order valence-corrected chi connectivity index (χ0v) is 10.2. The van der Waals surface area contributed by atoms with Gasteiger partial charge in [0.1, 0.15) is 3.70 Å². The molecule has 0 aliphatic heterocycles. The number of nitrogens with one attached hydrogen (secondary N) is 1. The van der Waals surface area contributed by atoms with Crippen LogP contribution in [0, 0.1) is 3.70 Å². The summed E-state index contributed by atoms with van der Waals surface area (Å²) in [5.74, 6) is 0. The first-order chi connectivity index (χ1) is 6.48. The lowest BCUT2D eigenvalue weighted by Gasteiger charge is -2.17. The number of aliphatic hydroxyl groups is 1. The van der Waals surface area contributed by atoms with E-state index in [1.165, 1.54) is 0 Å². The van der Waals surface area contributed by atoms with Gasteiger partial charge in [-0.15, -0.1) is 0 Å². The highest BCUT2D eigenvalue weighted by Crippen LogP contribution is 2.25. The zero-order chi connectivity index (χ0) is 10.3. The molecule has 0 aliphatic rings. The first kappa shape index (κ1) is 9.92. The molecule has 2 N–H and O–H groups in total.